The monoisotopic (exact) mass is 221 g/mol. The van der Waals surface area contributed by atoms with Crippen LogP contribution in [0.1, 0.15) is 17.0 Å². The summed E-state index contributed by atoms with van der Waals surface area (Å²) in [6.07, 6.45) is 3.41. The Balaban J connectivity index is 1.89. The van der Waals surface area contributed by atoms with Gasteiger partial charge in [0.15, 0.2) is 5.76 Å². The lowest BCUT2D eigenvalue weighted by Gasteiger charge is -2.12. The van der Waals surface area contributed by atoms with Crippen LogP contribution >= 0.6 is 0 Å². The molecule has 2 N–H and O–H groups in total. The summed E-state index contributed by atoms with van der Waals surface area (Å²) in [5, 5.41) is 3.84. The molecule has 5 heteroatoms. The third-order valence-corrected chi connectivity index (χ3v) is 2.28. The summed E-state index contributed by atoms with van der Waals surface area (Å²) in [4.78, 5) is 2.12. The van der Waals surface area contributed by atoms with E-state index in [0.29, 0.717) is 13.1 Å². The Morgan fingerprint density at radius 2 is 2.31 bits per heavy atom. The summed E-state index contributed by atoms with van der Waals surface area (Å²) in [5.41, 5.74) is 7.38. The van der Waals surface area contributed by atoms with Crippen LogP contribution in [0.2, 0.25) is 0 Å². The maximum Gasteiger partial charge on any atom is 0.151 e. The van der Waals surface area contributed by atoms with Crippen LogP contribution in [0.3, 0.4) is 0 Å². The van der Waals surface area contributed by atoms with Gasteiger partial charge >= 0.3 is 0 Å². The van der Waals surface area contributed by atoms with Crippen LogP contribution in [-0.4, -0.2) is 17.1 Å². The fraction of sp³-hybridized carbons (Fsp3) is 0.364. The second kappa shape index (κ2) is 4.96. The molecular formula is C11H15N3O2. The lowest BCUT2D eigenvalue weighted by Crippen LogP contribution is -2.16. The number of aromatic nitrogens is 1. The van der Waals surface area contributed by atoms with Crippen LogP contribution in [0.25, 0.3) is 0 Å². The van der Waals surface area contributed by atoms with Crippen molar-refractivity contribution in [2.75, 3.05) is 7.05 Å². The minimum absolute atomic E-state index is 0.412. The molecule has 16 heavy (non-hydrogen) atoms. The highest BCUT2D eigenvalue weighted by atomic mass is 16.5. The molecule has 2 aromatic heterocycles. The van der Waals surface area contributed by atoms with E-state index in [9.17, 15) is 0 Å². The lowest BCUT2D eigenvalue weighted by atomic mass is 10.3. The highest BCUT2D eigenvalue weighted by Gasteiger charge is 2.07. The summed E-state index contributed by atoms with van der Waals surface area (Å²) in [6, 6.07) is 3.83. The van der Waals surface area contributed by atoms with Crippen molar-refractivity contribution in [3.05, 3.63) is 41.7 Å². The molecule has 0 fully saturated rings. The van der Waals surface area contributed by atoms with Crippen LogP contribution in [-0.2, 0) is 19.6 Å². The van der Waals surface area contributed by atoms with Gasteiger partial charge in [-0.15, -0.1) is 0 Å². The third kappa shape index (κ3) is 2.71. The van der Waals surface area contributed by atoms with E-state index in [1.807, 2.05) is 19.2 Å². The summed E-state index contributed by atoms with van der Waals surface area (Å²) in [6.45, 7) is 1.93. The average molecular weight is 221 g/mol. The van der Waals surface area contributed by atoms with Gasteiger partial charge in [-0.1, -0.05) is 5.16 Å². The number of furan rings is 1. The second-order valence-electron chi connectivity index (χ2n) is 3.79. The van der Waals surface area contributed by atoms with Crippen molar-refractivity contribution in [2.45, 2.75) is 19.6 Å². The van der Waals surface area contributed by atoms with Crippen LogP contribution in [0.5, 0.6) is 0 Å². The smallest absolute Gasteiger partial charge is 0.151 e. The normalized spacial score (nSPS) is 11.2. The number of nitrogens with two attached hydrogens (primary N) is 1. The quantitative estimate of drug-likeness (QED) is 0.825. The Bertz CT molecular complexity index is 422. The van der Waals surface area contributed by atoms with Crippen molar-refractivity contribution in [1.29, 1.82) is 0 Å². The predicted molar refractivity (Wildman–Crippen MR) is 58.3 cm³/mol. The standard InChI is InChI=1S/C11H15N3O2/c1-14(6-9-2-3-15-8-9)7-11-4-10(5-12)13-16-11/h2-4,8H,5-7,12H2,1H3. The third-order valence-electron chi connectivity index (χ3n) is 2.28. The Morgan fingerprint density at radius 1 is 1.44 bits per heavy atom. The zero-order chi connectivity index (χ0) is 11.4. The van der Waals surface area contributed by atoms with Gasteiger partial charge in [0.2, 0.25) is 0 Å². The first-order chi connectivity index (χ1) is 7.78. The maximum absolute atomic E-state index is 5.46. The molecule has 0 aliphatic heterocycles. The van der Waals surface area contributed by atoms with E-state index in [0.717, 1.165) is 23.6 Å². The number of rotatable bonds is 5. The van der Waals surface area contributed by atoms with Crippen molar-refractivity contribution < 1.29 is 8.94 Å². The molecule has 2 rings (SSSR count). The second-order valence-corrected chi connectivity index (χ2v) is 3.79. The first-order valence-corrected chi connectivity index (χ1v) is 5.12. The van der Waals surface area contributed by atoms with Gasteiger partial charge in [-0.05, 0) is 13.1 Å². The largest absolute Gasteiger partial charge is 0.472 e. The topological polar surface area (TPSA) is 68.4 Å². The number of nitrogens with zero attached hydrogens (tertiary/aromatic N) is 2. The molecule has 0 saturated heterocycles. The molecule has 0 amide bonds. The van der Waals surface area contributed by atoms with Gasteiger partial charge in [-0.2, -0.15) is 0 Å². The minimum Gasteiger partial charge on any atom is -0.472 e. The van der Waals surface area contributed by atoms with Gasteiger partial charge in [-0.3, -0.25) is 4.90 Å². The first kappa shape index (κ1) is 10.9. The van der Waals surface area contributed by atoms with Gasteiger partial charge in [0.05, 0.1) is 24.8 Å². The van der Waals surface area contributed by atoms with E-state index in [1.54, 1.807) is 12.5 Å². The Kier molecular flexibility index (Phi) is 3.38. The minimum atomic E-state index is 0.412. The summed E-state index contributed by atoms with van der Waals surface area (Å²) in [5.74, 6) is 0.825. The van der Waals surface area contributed by atoms with Crippen LogP contribution in [0.15, 0.2) is 33.6 Å². The van der Waals surface area contributed by atoms with Gasteiger partial charge in [0, 0.05) is 24.7 Å². The van der Waals surface area contributed by atoms with E-state index in [1.165, 1.54) is 0 Å². The van der Waals surface area contributed by atoms with Gasteiger partial charge < -0.3 is 14.7 Å². The van der Waals surface area contributed by atoms with Crippen molar-refractivity contribution in [2.24, 2.45) is 5.73 Å². The van der Waals surface area contributed by atoms with Crippen molar-refractivity contribution in [3.63, 3.8) is 0 Å². The summed E-state index contributed by atoms with van der Waals surface area (Å²) in [7, 11) is 2.01. The van der Waals surface area contributed by atoms with Crippen LogP contribution in [0.4, 0.5) is 0 Å². The Morgan fingerprint density at radius 3 is 2.94 bits per heavy atom. The molecule has 0 saturated carbocycles. The molecule has 0 aliphatic carbocycles. The highest BCUT2D eigenvalue weighted by molar-refractivity contribution is 5.07. The molecule has 0 bridgehead atoms. The van der Waals surface area contributed by atoms with E-state index in [2.05, 4.69) is 10.1 Å². The molecule has 0 unspecified atom stereocenters. The van der Waals surface area contributed by atoms with E-state index < -0.39 is 0 Å². The van der Waals surface area contributed by atoms with E-state index >= 15 is 0 Å². The molecule has 5 nitrogen and oxygen atoms in total. The first-order valence-electron chi connectivity index (χ1n) is 5.12. The van der Waals surface area contributed by atoms with E-state index in [-0.39, 0.29) is 0 Å². The van der Waals surface area contributed by atoms with Crippen LogP contribution < -0.4 is 5.73 Å². The Labute approximate surface area is 93.8 Å². The van der Waals surface area contributed by atoms with Gasteiger partial charge in [0.1, 0.15) is 0 Å². The average Bonchev–Trinajstić information content (AvgIpc) is 2.89. The van der Waals surface area contributed by atoms with E-state index in [4.69, 9.17) is 14.7 Å². The molecule has 0 spiro atoms. The number of hydrogen-bond donors (Lipinski definition) is 1. The molecule has 0 atom stereocenters. The fourth-order valence-electron chi connectivity index (χ4n) is 1.54. The van der Waals surface area contributed by atoms with Gasteiger partial charge in [0.25, 0.3) is 0 Å². The molecule has 2 heterocycles. The lowest BCUT2D eigenvalue weighted by molar-refractivity contribution is 0.265. The molecular weight excluding hydrogens is 206 g/mol. The number of hydrogen-bond acceptors (Lipinski definition) is 5. The molecule has 0 radical (unpaired) electrons. The van der Waals surface area contributed by atoms with Crippen LogP contribution in [0, 0.1) is 0 Å². The van der Waals surface area contributed by atoms with Crippen molar-refractivity contribution in [1.82, 2.24) is 10.1 Å². The summed E-state index contributed by atoms with van der Waals surface area (Å²) >= 11 is 0. The molecule has 2 aromatic rings. The fourth-order valence-corrected chi connectivity index (χ4v) is 1.54. The zero-order valence-electron chi connectivity index (χ0n) is 9.22. The SMILES string of the molecule is CN(Cc1ccoc1)Cc1cc(CN)no1. The van der Waals surface area contributed by atoms with Gasteiger partial charge in [-0.25, -0.2) is 0 Å². The Hall–Kier alpha value is -1.59. The zero-order valence-corrected chi connectivity index (χ0v) is 9.22. The van der Waals surface area contributed by atoms with Crippen molar-refractivity contribution in [3.8, 4) is 0 Å². The predicted octanol–water partition coefficient (Wildman–Crippen LogP) is 1.36. The summed E-state index contributed by atoms with van der Waals surface area (Å²) < 4.78 is 10.2. The highest BCUT2D eigenvalue weighted by Crippen LogP contribution is 2.09. The molecule has 0 aliphatic rings. The maximum atomic E-state index is 5.46. The molecule has 86 valence electrons. The van der Waals surface area contributed by atoms with Crippen molar-refractivity contribution >= 4 is 0 Å². The molecule has 0 aromatic carbocycles.